The average molecular weight is 407 g/mol. The second-order valence-electron chi connectivity index (χ2n) is 6.23. The van der Waals surface area contributed by atoms with E-state index in [1.54, 1.807) is 31.2 Å². The van der Waals surface area contributed by atoms with Crippen molar-refractivity contribution in [3.63, 3.8) is 0 Å². The quantitative estimate of drug-likeness (QED) is 0.478. The number of carbonyl (C=O) groups excluding carboxylic acids is 3. The van der Waals surface area contributed by atoms with Gasteiger partial charge in [0.15, 0.2) is 11.5 Å². The van der Waals surface area contributed by atoms with Crippen LogP contribution in [0, 0.1) is 0 Å². The molecule has 1 aromatic carbocycles. The molecule has 1 fully saturated rings. The number of methoxy groups -OCH3 is 1. The Morgan fingerprint density at radius 1 is 1.21 bits per heavy atom. The number of carbonyl (C=O) groups is 3. The maximum absolute atomic E-state index is 12.6. The zero-order valence-corrected chi connectivity index (χ0v) is 17.5. The number of thioether (sulfide) groups is 1. The molecule has 1 heterocycles. The van der Waals surface area contributed by atoms with Gasteiger partial charge in [0.1, 0.15) is 6.04 Å². The summed E-state index contributed by atoms with van der Waals surface area (Å²) in [6, 6.07) is 4.31. The van der Waals surface area contributed by atoms with Crippen LogP contribution < -0.4 is 9.47 Å². The highest BCUT2D eigenvalue weighted by Crippen LogP contribution is 2.36. The highest BCUT2D eigenvalue weighted by atomic mass is 32.2. The van der Waals surface area contributed by atoms with Crippen molar-refractivity contribution in [2.24, 2.45) is 0 Å². The standard InChI is InChI=1S/C20H25NO6S/c1-6-12(3)27-15-9-8-14(10-16(15)25-5)11-17-18(22)21(20(24)28-17)13(4)19(23)26-7-2/h8-13H,6-7H2,1-5H3/b17-11+/t12-,13+/m1/s1. The number of imide groups is 1. The summed E-state index contributed by atoms with van der Waals surface area (Å²) in [6.07, 6.45) is 2.50. The lowest BCUT2D eigenvalue weighted by atomic mass is 10.1. The van der Waals surface area contributed by atoms with E-state index >= 15 is 0 Å². The van der Waals surface area contributed by atoms with E-state index in [4.69, 9.17) is 14.2 Å². The van der Waals surface area contributed by atoms with Gasteiger partial charge in [-0.3, -0.25) is 14.5 Å². The van der Waals surface area contributed by atoms with E-state index in [2.05, 4.69) is 0 Å². The molecule has 1 aliphatic heterocycles. The Morgan fingerprint density at radius 3 is 2.54 bits per heavy atom. The largest absolute Gasteiger partial charge is 0.493 e. The van der Waals surface area contributed by atoms with Crippen LogP contribution >= 0.6 is 11.8 Å². The molecule has 2 rings (SSSR count). The Labute approximate surface area is 169 Å². The van der Waals surface area contributed by atoms with Crippen molar-refractivity contribution in [1.82, 2.24) is 4.90 Å². The second-order valence-corrected chi connectivity index (χ2v) is 7.22. The lowest BCUT2D eigenvalue weighted by Crippen LogP contribution is -2.42. The summed E-state index contributed by atoms with van der Waals surface area (Å²) < 4.78 is 16.1. The summed E-state index contributed by atoms with van der Waals surface area (Å²) in [5.41, 5.74) is 0.683. The normalized spacial score (nSPS) is 17.6. The van der Waals surface area contributed by atoms with Gasteiger partial charge >= 0.3 is 5.97 Å². The number of benzene rings is 1. The van der Waals surface area contributed by atoms with Crippen molar-refractivity contribution >= 4 is 35.0 Å². The molecule has 0 unspecified atom stereocenters. The van der Waals surface area contributed by atoms with Crippen LogP contribution in [0.2, 0.25) is 0 Å². The zero-order chi connectivity index (χ0) is 20.8. The van der Waals surface area contributed by atoms with Crippen LogP contribution in [0.3, 0.4) is 0 Å². The van der Waals surface area contributed by atoms with E-state index in [0.29, 0.717) is 17.1 Å². The van der Waals surface area contributed by atoms with Crippen molar-refractivity contribution in [1.29, 1.82) is 0 Å². The van der Waals surface area contributed by atoms with Gasteiger partial charge in [0.2, 0.25) is 0 Å². The summed E-state index contributed by atoms with van der Waals surface area (Å²) in [6.45, 7) is 7.31. The molecule has 0 aliphatic carbocycles. The number of hydrogen-bond donors (Lipinski definition) is 0. The Balaban J connectivity index is 2.24. The number of rotatable bonds is 8. The molecule has 0 saturated carbocycles. The highest BCUT2D eigenvalue weighted by molar-refractivity contribution is 8.18. The van der Waals surface area contributed by atoms with Gasteiger partial charge in [0, 0.05) is 0 Å². The smallest absolute Gasteiger partial charge is 0.329 e. The summed E-state index contributed by atoms with van der Waals surface area (Å²) in [4.78, 5) is 37.9. The van der Waals surface area contributed by atoms with Gasteiger partial charge in [-0.05, 0) is 62.7 Å². The van der Waals surface area contributed by atoms with Crippen molar-refractivity contribution in [2.45, 2.75) is 46.3 Å². The third kappa shape index (κ3) is 4.86. The number of esters is 1. The minimum Gasteiger partial charge on any atom is -0.493 e. The average Bonchev–Trinajstić information content (AvgIpc) is 2.95. The molecule has 152 valence electrons. The fourth-order valence-electron chi connectivity index (χ4n) is 2.50. The molecule has 0 aromatic heterocycles. The lowest BCUT2D eigenvalue weighted by molar-refractivity contribution is -0.150. The maximum atomic E-state index is 12.6. The van der Waals surface area contributed by atoms with E-state index < -0.39 is 23.2 Å². The number of ether oxygens (including phenoxy) is 3. The predicted molar refractivity (Wildman–Crippen MR) is 107 cm³/mol. The van der Waals surface area contributed by atoms with Crippen LogP contribution in [0.15, 0.2) is 23.1 Å². The molecule has 7 nitrogen and oxygen atoms in total. The minimum absolute atomic E-state index is 0.0422. The van der Waals surface area contributed by atoms with E-state index in [1.807, 2.05) is 13.8 Å². The highest BCUT2D eigenvalue weighted by Gasteiger charge is 2.41. The van der Waals surface area contributed by atoms with E-state index in [-0.39, 0.29) is 17.6 Å². The van der Waals surface area contributed by atoms with Crippen molar-refractivity contribution in [3.8, 4) is 11.5 Å². The number of amides is 2. The third-order valence-corrected chi connectivity index (χ3v) is 5.11. The molecule has 0 N–H and O–H groups in total. The zero-order valence-electron chi connectivity index (χ0n) is 16.7. The SMILES string of the molecule is CCOC(=O)[C@H](C)N1C(=O)S/C(=C/c2ccc(O[C@H](C)CC)c(OC)c2)C1=O. The molecule has 1 aliphatic rings. The molecule has 2 amide bonds. The first-order chi connectivity index (χ1) is 13.3. The first-order valence-electron chi connectivity index (χ1n) is 9.10. The van der Waals surface area contributed by atoms with Crippen LogP contribution in [0.4, 0.5) is 4.79 Å². The van der Waals surface area contributed by atoms with Crippen LogP contribution in [0.5, 0.6) is 11.5 Å². The van der Waals surface area contributed by atoms with Gasteiger partial charge < -0.3 is 14.2 Å². The lowest BCUT2D eigenvalue weighted by Gasteiger charge is -2.19. The third-order valence-electron chi connectivity index (χ3n) is 4.23. The molecule has 2 atom stereocenters. The maximum Gasteiger partial charge on any atom is 0.329 e. The van der Waals surface area contributed by atoms with Gasteiger partial charge in [-0.25, -0.2) is 4.79 Å². The first-order valence-corrected chi connectivity index (χ1v) is 9.92. The Hall–Kier alpha value is -2.48. The molecule has 1 aromatic rings. The van der Waals surface area contributed by atoms with Crippen molar-refractivity contribution < 1.29 is 28.6 Å². The van der Waals surface area contributed by atoms with Crippen LogP contribution in [0.25, 0.3) is 6.08 Å². The Kier molecular flexibility index (Phi) is 7.51. The van der Waals surface area contributed by atoms with Crippen molar-refractivity contribution in [3.05, 3.63) is 28.7 Å². The number of nitrogens with zero attached hydrogens (tertiary/aromatic N) is 1. The summed E-state index contributed by atoms with van der Waals surface area (Å²) in [7, 11) is 1.54. The number of hydrogen-bond acceptors (Lipinski definition) is 7. The molecular weight excluding hydrogens is 382 g/mol. The fraction of sp³-hybridized carbons (Fsp3) is 0.450. The van der Waals surface area contributed by atoms with Gasteiger partial charge in [0.05, 0.1) is 24.7 Å². The van der Waals surface area contributed by atoms with Crippen LogP contribution in [0.1, 0.15) is 39.7 Å². The molecular formula is C20H25NO6S. The van der Waals surface area contributed by atoms with Crippen LogP contribution in [-0.4, -0.2) is 47.9 Å². The topological polar surface area (TPSA) is 82.1 Å². The molecule has 0 radical (unpaired) electrons. The van der Waals surface area contributed by atoms with E-state index in [1.165, 1.54) is 14.0 Å². The monoisotopic (exact) mass is 407 g/mol. The minimum atomic E-state index is -0.973. The summed E-state index contributed by atoms with van der Waals surface area (Å²) in [5.74, 6) is 0.0138. The molecule has 0 bridgehead atoms. The Bertz CT molecular complexity index is 791. The van der Waals surface area contributed by atoms with Gasteiger partial charge in [-0.1, -0.05) is 13.0 Å². The van der Waals surface area contributed by atoms with Gasteiger partial charge in [-0.15, -0.1) is 0 Å². The van der Waals surface area contributed by atoms with Gasteiger partial charge in [0.25, 0.3) is 11.1 Å². The second kappa shape index (κ2) is 9.64. The first kappa shape index (κ1) is 21.8. The van der Waals surface area contributed by atoms with Gasteiger partial charge in [-0.2, -0.15) is 0 Å². The molecule has 1 saturated heterocycles. The molecule has 0 spiro atoms. The van der Waals surface area contributed by atoms with Crippen LogP contribution in [-0.2, 0) is 14.3 Å². The molecule has 8 heteroatoms. The predicted octanol–water partition coefficient (Wildman–Crippen LogP) is 3.86. The van der Waals surface area contributed by atoms with E-state index in [0.717, 1.165) is 23.1 Å². The van der Waals surface area contributed by atoms with E-state index in [9.17, 15) is 14.4 Å². The Morgan fingerprint density at radius 2 is 1.93 bits per heavy atom. The fourth-order valence-corrected chi connectivity index (χ4v) is 3.41. The molecule has 28 heavy (non-hydrogen) atoms. The summed E-state index contributed by atoms with van der Waals surface area (Å²) in [5, 5.41) is -0.500. The summed E-state index contributed by atoms with van der Waals surface area (Å²) >= 11 is 0.791. The van der Waals surface area contributed by atoms with Crippen molar-refractivity contribution in [2.75, 3.05) is 13.7 Å².